The molecule has 1 N–H and O–H groups in total. The summed E-state index contributed by atoms with van der Waals surface area (Å²) in [6.45, 7) is 4.24. The van der Waals surface area contributed by atoms with Gasteiger partial charge in [0.05, 0.1) is 6.54 Å². The SMILES string of the molecule is CCN(CCCO)CC(=O)c1ccc2c(c1)OCO2. The zero-order valence-electron chi connectivity index (χ0n) is 11.1. The molecule has 0 saturated heterocycles. The van der Waals surface area contributed by atoms with Crippen molar-refractivity contribution in [2.75, 3.05) is 33.0 Å². The van der Waals surface area contributed by atoms with Crippen LogP contribution in [-0.2, 0) is 0 Å². The van der Waals surface area contributed by atoms with Crippen LogP contribution in [0.4, 0.5) is 0 Å². The van der Waals surface area contributed by atoms with E-state index in [1.165, 1.54) is 0 Å². The molecule has 19 heavy (non-hydrogen) atoms. The summed E-state index contributed by atoms with van der Waals surface area (Å²) in [6.07, 6.45) is 0.683. The van der Waals surface area contributed by atoms with Crippen molar-refractivity contribution in [2.45, 2.75) is 13.3 Å². The Hall–Kier alpha value is -1.59. The average molecular weight is 265 g/mol. The third kappa shape index (κ3) is 3.45. The number of aliphatic hydroxyl groups is 1. The van der Waals surface area contributed by atoms with E-state index in [4.69, 9.17) is 14.6 Å². The van der Waals surface area contributed by atoms with Crippen LogP contribution < -0.4 is 9.47 Å². The second-order valence-electron chi connectivity index (χ2n) is 4.44. The van der Waals surface area contributed by atoms with E-state index in [0.29, 0.717) is 30.0 Å². The van der Waals surface area contributed by atoms with E-state index in [1.807, 2.05) is 11.8 Å². The van der Waals surface area contributed by atoms with Crippen LogP contribution in [0.25, 0.3) is 0 Å². The number of Topliss-reactive ketones (excluding diaryl/α,β-unsaturated/α-hetero) is 1. The Bertz CT molecular complexity index is 447. The standard InChI is InChI=1S/C14H19NO4/c1-2-15(6-3-7-16)9-12(17)11-4-5-13-14(8-11)19-10-18-13/h4-5,8,16H,2-3,6-7,9-10H2,1H3. The van der Waals surface area contributed by atoms with Crippen LogP contribution in [0, 0.1) is 0 Å². The predicted octanol–water partition coefficient (Wildman–Crippen LogP) is 1.30. The minimum atomic E-state index is 0.0538. The van der Waals surface area contributed by atoms with Gasteiger partial charge in [-0.3, -0.25) is 9.69 Å². The molecule has 0 aromatic heterocycles. The Kier molecular flexibility index (Phi) is 4.76. The number of hydrogen-bond donors (Lipinski definition) is 1. The molecule has 0 fully saturated rings. The van der Waals surface area contributed by atoms with Crippen LogP contribution in [-0.4, -0.2) is 48.8 Å². The van der Waals surface area contributed by atoms with Gasteiger partial charge in [0, 0.05) is 18.7 Å². The van der Waals surface area contributed by atoms with Gasteiger partial charge < -0.3 is 14.6 Å². The summed E-state index contributed by atoms with van der Waals surface area (Å²) in [5.41, 5.74) is 0.631. The van der Waals surface area contributed by atoms with Crippen molar-refractivity contribution < 1.29 is 19.4 Å². The van der Waals surface area contributed by atoms with E-state index in [-0.39, 0.29) is 19.2 Å². The van der Waals surface area contributed by atoms with Gasteiger partial charge in [0.25, 0.3) is 0 Å². The number of hydrogen-bond acceptors (Lipinski definition) is 5. The molecule has 0 atom stereocenters. The lowest BCUT2D eigenvalue weighted by molar-refractivity contribution is 0.0928. The van der Waals surface area contributed by atoms with Gasteiger partial charge in [-0.15, -0.1) is 0 Å². The second kappa shape index (κ2) is 6.54. The lowest BCUT2D eigenvalue weighted by Gasteiger charge is -2.18. The van der Waals surface area contributed by atoms with Crippen LogP contribution in [0.2, 0.25) is 0 Å². The van der Waals surface area contributed by atoms with Gasteiger partial charge in [-0.2, -0.15) is 0 Å². The molecule has 2 rings (SSSR count). The molecule has 0 radical (unpaired) electrons. The number of ketones is 1. The maximum absolute atomic E-state index is 12.2. The number of benzene rings is 1. The van der Waals surface area contributed by atoms with Gasteiger partial charge in [0.1, 0.15) is 0 Å². The summed E-state index contributed by atoms with van der Waals surface area (Å²) in [5, 5.41) is 8.83. The number of carbonyl (C=O) groups excluding carboxylic acids is 1. The van der Waals surface area contributed by atoms with Crippen LogP contribution in [0.3, 0.4) is 0 Å². The number of carbonyl (C=O) groups is 1. The van der Waals surface area contributed by atoms with Gasteiger partial charge in [0.2, 0.25) is 6.79 Å². The fourth-order valence-corrected chi connectivity index (χ4v) is 2.01. The minimum absolute atomic E-state index is 0.0538. The molecule has 1 aromatic rings. The topological polar surface area (TPSA) is 59.0 Å². The second-order valence-corrected chi connectivity index (χ2v) is 4.44. The molecule has 1 heterocycles. The zero-order chi connectivity index (χ0) is 13.7. The third-order valence-electron chi connectivity index (χ3n) is 3.14. The van der Waals surface area contributed by atoms with E-state index in [9.17, 15) is 4.79 Å². The highest BCUT2D eigenvalue weighted by molar-refractivity contribution is 5.98. The summed E-state index contributed by atoms with van der Waals surface area (Å²) < 4.78 is 10.5. The molecule has 0 amide bonds. The highest BCUT2D eigenvalue weighted by atomic mass is 16.7. The Morgan fingerprint density at radius 3 is 2.89 bits per heavy atom. The molecule has 0 saturated carbocycles. The van der Waals surface area contributed by atoms with Crippen LogP contribution >= 0.6 is 0 Å². The Balaban J connectivity index is 1.99. The van der Waals surface area contributed by atoms with E-state index in [2.05, 4.69) is 0 Å². The smallest absolute Gasteiger partial charge is 0.231 e. The first-order valence-electron chi connectivity index (χ1n) is 6.50. The van der Waals surface area contributed by atoms with E-state index >= 15 is 0 Å². The molecular weight excluding hydrogens is 246 g/mol. The van der Waals surface area contributed by atoms with Crippen LogP contribution in [0.5, 0.6) is 11.5 Å². The normalized spacial score (nSPS) is 13.0. The molecule has 5 heteroatoms. The van der Waals surface area contributed by atoms with Crippen molar-refractivity contribution in [2.24, 2.45) is 0 Å². The first-order valence-corrected chi connectivity index (χ1v) is 6.50. The molecule has 0 bridgehead atoms. The summed E-state index contributed by atoms with van der Waals surface area (Å²) in [6, 6.07) is 5.25. The quantitative estimate of drug-likeness (QED) is 0.753. The number of fused-ring (bicyclic) bond motifs is 1. The highest BCUT2D eigenvalue weighted by Crippen LogP contribution is 2.32. The van der Waals surface area contributed by atoms with E-state index in [1.54, 1.807) is 18.2 Å². The first-order chi connectivity index (χ1) is 9.24. The zero-order valence-corrected chi connectivity index (χ0v) is 11.1. The number of nitrogens with zero attached hydrogens (tertiary/aromatic N) is 1. The van der Waals surface area contributed by atoms with Gasteiger partial charge in [-0.25, -0.2) is 0 Å². The third-order valence-corrected chi connectivity index (χ3v) is 3.14. The number of likely N-dealkylation sites (N-methyl/N-ethyl adjacent to an activating group) is 1. The highest BCUT2D eigenvalue weighted by Gasteiger charge is 2.17. The maximum atomic E-state index is 12.2. The molecule has 1 aromatic carbocycles. The Morgan fingerprint density at radius 2 is 2.16 bits per heavy atom. The fraction of sp³-hybridized carbons (Fsp3) is 0.500. The van der Waals surface area contributed by atoms with Crippen LogP contribution in [0.1, 0.15) is 23.7 Å². The van der Waals surface area contributed by atoms with Crippen LogP contribution in [0.15, 0.2) is 18.2 Å². The lowest BCUT2D eigenvalue weighted by atomic mass is 10.1. The number of ether oxygens (including phenoxy) is 2. The minimum Gasteiger partial charge on any atom is -0.454 e. The van der Waals surface area contributed by atoms with Gasteiger partial charge >= 0.3 is 0 Å². The summed E-state index contributed by atoms with van der Waals surface area (Å²) >= 11 is 0. The summed E-state index contributed by atoms with van der Waals surface area (Å²) in [5.74, 6) is 1.37. The molecule has 0 spiro atoms. The molecule has 0 unspecified atom stereocenters. The molecule has 5 nitrogen and oxygen atoms in total. The molecule has 1 aliphatic rings. The van der Waals surface area contributed by atoms with Gasteiger partial charge in [0.15, 0.2) is 17.3 Å². The van der Waals surface area contributed by atoms with Gasteiger partial charge in [-0.1, -0.05) is 6.92 Å². The molecule has 1 aliphatic heterocycles. The summed E-state index contributed by atoms with van der Waals surface area (Å²) in [7, 11) is 0. The lowest BCUT2D eigenvalue weighted by Crippen LogP contribution is -2.31. The Morgan fingerprint density at radius 1 is 1.37 bits per heavy atom. The molecule has 104 valence electrons. The number of aliphatic hydroxyl groups excluding tert-OH is 1. The van der Waals surface area contributed by atoms with E-state index in [0.717, 1.165) is 13.1 Å². The Labute approximate surface area is 112 Å². The first kappa shape index (κ1) is 13.8. The van der Waals surface area contributed by atoms with Crippen molar-refractivity contribution in [1.82, 2.24) is 4.90 Å². The van der Waals surface area contributed by atoms with Gasteiger partial charge in [-0.05, 0) is 31.2 Å². The molecule has 0 aliphatic carbocycles. The number of rotatable bonds is 7. The fourth-order valence-electron chi connectivity index (χ4n) is 2.01. The monoisotopic (exact) mass is 265 g/mol. The van der Waals surface area contributed by atoms with Crippen molar-refractivity contribution in [3.8, 4) is 11.5 Å². The largest absolute Gasteiger partial charge is 0.454 e. The summed E-state index contributed by atoms with van der Waals surface area (Å²) in [4.78, 5) is 14.2. The van der Waals surface area contributed by atoms with E-state index < -0.39 is 0 Å². The molecular formula is C14H19NO4. The van der Waals surface area contributed by atoms with Crippen molar-refractivity contribution in [1.29, 1.82) is 0 Å². The maximum Gasteiger partial charge on any atom is 0.231 e. The van der Waals surface area contributed by atoms with Crippen molar-refractivity contribution in [3.63, 3.8) is 0 Å². The van der Waals surface area contributed by atoms with Crippen molar-refractivity contribution in [3.05, 3.63) is 23.8 Å². The van der Waals surface area contributed by atoms with Crippen molar-refractivity contribution >= 4 is 5.78 Å². The predicted molar refractivity (Wildman–Crippen MR) is 70.7 cm³/mol. The average Bonchev–Trinajstić information content (AvgIpc) is 2.90.